The Morgan fingerprint density at radius 1 is 0.789 bits per heavy atom. The minimum absolute atomic E-state index is 0.570. The summed E-state index contributed by atoms with van der Waals surface area (Å²) in [5.41, 5.74) is 8.61. The van der Waals surface area contributed by atoms with Crippen molar-refractivity contribution < 1.29 is 0 Å². The standard InChI is InChI=1S/C19H20/c1-13-12-16-8-4-5-10-18(16)14(2)15(3)19-11-7-6-9-17(13)19/h4-11,13H,12H2,1-3H3/b15-14-. The van der Waals surface area contributed by atoms with Crippen molar-refractivity contribution in [1.82, 2.24) is 0 Å². The van der Waals surface area contributed by atoms with E-state index in [0.29, 0.717) is 5.92 Å². The van der Waals surface area contributed by atoms with E-state index in [4.69, 9.17) is 0 Å². The summed E-state index contributed by atoms with van der Waals surface area (Å²) in [5, 5.41) is 0. The highest BCUT2D eigenvalue weighted by Crippen LogP contribution is 2.37. The number of hydrogen-bond donors (Lipinski definition) is 0. The van der Waals surface area contributed by atoms with Gasteiger partial charge in [-0.1, -0.05) is 55.5 Å². The molecule has 0 heterocycles. The molecule has 1 unspecified atom stereocenters. The Labute approximate surface area is 115 Å². The maximum Gasteiger partial charge on any atom is -0.0144 e. The Balaban J connectivity index is 2.31. The van der Waals surface area contributed by atoms with Crippen molar-refractivity contribution in [2.45, 2.75) is 33.1 Å². The topological polar surface area (TPSA) is 0 Å². The van der Waals surface area contributed by atoms with Crippen molar-refractivity contribution in [2.75, 3.05) is 0 Å². The van der Waals surface area contributed by atoms with Gasteiger partial charge >= 0.3 is 0 Å². The Morgan fingerprint density at radius 2 is 1.37 bits per heavy atom. The number of benzene rings is 2. The van der Waals surface area contributed by atoms with Crippen LogP contribution >= 0.6 is 0 Å². The van der Waals surface area contributed by atoms with Crippen LogP contribution in [0.15, 0.2) is 48.5 Å². The van der Waals surface area contributed by atoms with Gasteiger partial charge in [0, 0.05) is 0 Å². The molecule has 0 saturated heterocycles. The van der Waals surface area contributed by atoms with E-state index < -0.39 is 0 Å². The molecule has 96 valence electrons. The highest BCUT2D eigenvalue weighted by atomic mass is 14.2. The zero-order valence-corrected chi connectivity index (χ0v) is 11.9. The van der Waals surface area contributed by atoms with Crippen LogP contribution in [0.5, 0.6) is 0 Å². The minimum atomic E-state index is 0.570. The molecule has 1 atom stereocenters. The molecule has 0 amide bonds. The lowest BCUT2D eigenvalue weighted by Crippen LogP contribution is -2.07. The predicted octanol–water partition coefficient (Wildman–Crippen LogP) is 5.30. The van der Waals surface area contributed by atoms with Gasteiger partial charge in [0.2, 0.25) is 0 Å². The largest absolute Gasteiger partial charge is 0.0620 e. The molecule has 2 aromatic rings. The van der Waals surface area contributed by atoms with Gasteiger partial charge < -0.3 is 0 Å². The van der Waals surface area contributed by atoms with Crippen LogP contribution in [0.1, 0.15) is 48.9 Å². The minimum Gasteiger partial charge on any atom is -0.0620 e. The molecule has 0 radical (unpaired) electrons. The van der Waals surface area contributed by atoms with Crippen LogP contribution in [-0.4, -0.2) is 0 Å². The second kappa shape index (κ2) is 4.70. The third-order valence-electron chi connectivity index (χ3n) is 4.41. The molecular formula is C19H20. The molecule has 19 heavy (non-hydrogen) atoms. The van der Waals surface area contributed by atoms with Gasteiger partial charge in [-0.25, -0.2) is 0 Å². The highest BCUT2D eigenvalue weighted by Gasteiger charge is 2.18. The molecule has 3 rings (SSSR count). The van der Waals surface area contributed by atoms with Crippen LogP contribution in [0.3, 0.4) is 0 Å². The lowest BCUT2D eigenvalue weighted by Gasteiger charge is -2.24. The molecule has 0 spiro atoms. The van der Waals surface area contributed by atoms with E-state index in [2.05, 4.69) is 69.3 Å². The molecule has 0 aromatic heterocycles. The quantitative estimate of drug-likeness (QED) is 0.593. The van der Waals surface area contributed by atoms with Gasteiger partial charge in [0.1, 0.15) is 0 Å². The van der Waals surface area contributed by atoms with Crippen molar-refractivity contribution in [3.05, 3.63) is 70.8 Å². The van der Waals surface area contributed by atoms with Crippen molar-refractivity contribution in [2.24, 2.45) is 0 Å². The van der Waals surface area contributed by atoms with E-state index in [9.17, 15) is 0 Å². The molecule has 0 nitrogen and oxygen atoms in total. The Morgan fingerprint density at radius 3 is 2.16 bits per heavy atom. The van der Waals surface area contributed by atoms with E-state index in [1.54, 1.807) is 0 Å². The summed E-state index contributed by atoms with van der Waals surface area (Å²) < 4.78 is 0. The first-order chi connectivity index (χ1) is 9.18. The van der Waals surface area contributed by atoms with Crippen LogP contribution in [-0.2, 0) is 6.42 Å². The molecule has 0 saturated carbocycles. The molecule has 0 fully saturated rings. The van der Waals surface area contributed by atoms with E-state index in [1.807, 2.05) is 0 Å². The molecule has 0 bridgehead atoms. The van der Waals surface area contributed by atoms with E-state index in [-0.39, 0.29) is 0 Å². The van der Waals surface area contributed by atoms with Gasteiger partial charge in [0.15, 0.2) is 0 Å². The maximum absolute atomic E-state index is 2.34. The van der Waals surface area contributed by atoms with Crippen LogP contribution in [0.4, 0.5) is 0 Å². The molecule has 1 aliphatic carbocycles. The first kappa shape index (κ1) is 12.2. The Hall–Kier alpha value is -1.82. The molecule has 1 aliphatic rings. The summed E-state index contributed by atoms with van der Waals surface area (Å²) in [4.78, 5) is 0. The van der Waals surface area contributed by atoms with Gasteiger partial charge in [-0.3, -0.25) is 0 Å². The number of allylic oxidation sites excluding steroid dienone is 2. The van der Waals surface area contributed by atoms with Gasteiger partial charge in [-0.05, 0) is 59.6 Å². The summed E-state index contributed by atoms with van der Waals surface area (Å²) in [6, 6.07) is 17.7. The van der Waals surface area contributed by atoms with Crippen LogP contribution in [0.2, 0.25) is 0 Å². The summed E-state index contributed by atoms with van der Waals surface area (Å²) in [6.07, 6.45) is 1.12. The van der Waals surface area contributed by atoms with Gasteiger partial charge in [-0.15, -0.1) is 0 Å². The maximum atomic E-state index is 2.34. The van der Waals surface area contributed by atoms with Gasteiger partial charge in [0.25, 0.3) is 0 Å². The molecular weight excluding hydrogens is 228 g/mol. The summed E-state index contributed by atoms with van der Waals surface area (Å²) in [7, 11) is 0. The van der Waals surface area contributed by atoms with Crippen LogP contribution < -0.4 is 0 Å². The monoisotopic (exact) mass is 248 g/mol. The van der Waals surface area contributed by atoms with Gasteiger partial charge in [-0.2, -0.15) is 0 Å². The molecule has 0 N–H and O–H groups in total. The first-order valence-electron chi connectivity index (χ1n) is 7.03. The fraction of sp³-hybridized carbons (Fsp3) is 0.263. The summed E-state index contributed by atoms with van der Waals surface area (Å²) in [5.74, 6) is 0.570. The second-order valence-electron chi connectivity index (χ2n) is 5.60. The van der Waals surface area contributed by atoms with Crippen LogP contribution in [0.25, 0.3) is 11.1 Å². The summed E-state index contributed by atoms with van der Waals surface area (Å²) >= 11 is 0. The zero-order chi connectivity index (χ0) is 13.4. The average molecular weight is 248 g/mol. The molecule has 0 aliphatic heterocycles. The zero-order valence-electron chi connectivity index (χ0n) is 11.9. The third-order valence-corrected chi connectivity index (χ3v) is 4.41. The number of rotatable bonds is 0. The Kier molecular flexibility index (Phi) is 3.02. The fourth-order valence-corrected chi connectivity index (χ4v) is 3.18. The number of hydrogen-bond acceptors (Lipinski definition) is 0. The van der Waals surface area contributed by atoms with Crippen molar-refractivity contribution in [3.63, 3.8) is 0 Å². The van der Waals surface area contributed by atoms with Gasteiger partial charge in [0.05, 0.1) is 0 Å². The average Bonchev–Trinajstić information content (AvgIpc) is 2.45. The fourth-order valence-electron chi connectivity index (χ4n) is 3.18. The Bertz CT molecular complexity index is 647. The van der Waals surface area contributed by atoms with E-state index in [0.717, 1.165) is 6.42 Å². The third kappa shape index (κ3) is 2.02. The molecule has 2 aromatic carbocycles. The van der Waals surface area contributed by atoms with E-state index >= 15 is 0 Å². The SMILES string of the molecule is C/C1=C(\C)c2ccccc2C(C)Cc2ccccc21. The molecule has 0 heteroatoms. The lowest BCUT2D eigenvalue weighted by molar-refractivity contribution is 0.753. The smallest absolute Gasteiger partial charge is 0.0144 e. The van der Waals surface area contributed by atoms with Crippen molar-refractivity contribution in [1.29, 1.82) is 0 Å². The van der Waals surface area contributed by atoms with Crippen LogP contribution in [0, 0.1) is 0 Å². The first-order valence-corrected chi connectivity index (χ1v) is 7.03. The van der Waals surface area contributed by atoms with E-state index in [1.165, 1.54) is 33.4 Å². The predicted molar refractivity (Wildman–Crippen MR) is 83.2 cm³/mol. The number of fused-ring (bicyclic) bond motifs is 2. The summed E-state index contributed by atoms with van der Waals surface area (Å²) in [6.45, 7) is 6.84. The normalized spacial score (nSPS) is 22.2. The second-order valence-corrected chi connectivity index (χ2v) is 5.60. The van der Waals surface area contributed by atoms with Crippen molar-refractivity contribution in [3.8, 4) is 0 Å². The van der Waals surface area contributed by atoms with Crippen molar-refractivity contribution >= 4 is 11.1 Å². The highest BCUT2D eigenvalue weighted by molar-refractivity contribution is 5.91. The lowest BCUT2D eigenvalue weighted by atomic mass is 9.81.